The second kappa shape index (κ2) is 13.4. The minimum absolute atomic E-state index is 0.109. The van der Waals surface area contributed by atoms with Crippen molar-refractivity contribution >= 4 is 62.5 Å². The molecule has 294 valence electrons. The predicted molar refractivity (Wildman–Crippen MR) is 194 cm³/mol. The smallest absolute Gasteiger partial charge is 0.416 e. The number of halogens is 9. The van der Waals surface area contributed by atoms with Crippen molar-refractivity contribution in [1.82, 2.24) is 5.01 Å². The molecule has 2 saturated heterocycles. The first-order chi connectivity index (χ1) is 26.8. The molecule has 6 atom stereocenters. The number of amides is 4. The van der Waals surface area contributed by atoms with Crippen molar-refractivity contribution in [2.75, 3.05) is 10.3 Å². The molecule has 2 aliphatic heterocycles. The molecule has 0 spiro atoms. The maximum absolute atomic E-state index is 15.2. The van der Waals surface area contributed by atoms with E-state index >= 15 is 4.79 Å². The van der Waals surface area contributed by atoms with Gasteiger partial charge in [0.25, 0.3) is 11.8 Å². The largest absolute Gasteiger partial charge is 0.508 e. The van der Waals surface area contributed by atoms with Crippen LogP contribution >= 0.6 is 27.5 Å². The van der Waals surface area contributed by atoms with Gasteiger partial charge >= 0.3 is 12.4 Å². The van der Waals surface area contributed by atoms with Crippen LogP contribution < -0.4 is 10.3 Å². The molecule has 8 rings (SSSR count). The van der Waals surface area contributed by atoms with Gasteiger partial charge in [0.15, 0.2) is 0 Å². The molecule has 0 radical (unpaired) electrons. The third kappa shape index (κ3) is 6.10. The highest BCUT2D eigenvalue weighted by molar-refractivity contribution is 9.10. The molecule has 1 saturated carbocycles. The minimum Gasteiger partial charge on any atom is -0.508 e. The van der Waals surface area contributed by atoms with E-state index in [-0.39, 0.29) is 35.9 Å². The number of hydrazine groups is 1. The van der Waals surface area contributed by atoms with E-state index in [4.69, 9.17) is 11.6 Å². The number of carbonyl (C=O) groups excluding carboxylic acids is 4. The molecule has 0 aromatic heterocycles. The molecule has 6 unspecified atom stereocenters. The molecule has 4 aliphatic rings. The number of aromatic hydroxyl groups is 1. The fraction of sp³-hybridized carbons (Fsp3) is 0.250. The van der Waals surface area contributed by atoms with Crippen molar-refractivity contribution in [3.8, 4) is 5.75 Å². The molecule has 2 N–H and O–H groups in total. The zero-order valence-corrected chi connectivity index (χ0v) is 31.2. The quantitative estimate of drug-likeness (QED) is 0.118. The second-order valence-electron chi connectivity index (χ2n) is 14.4. The van der Waals surface area contributed by atoms with Crippen LogP contribution in [0.5, 0.6) is 5.75 Å². The van der Waals surface area contributed by atoms with Gasteiger partial charge in [0, 0.05) is 21.0 Å². The number of fused-ring (bicyclic) bond motifs is 4. The molecule has 4 aromatic rings. The summed E-state index contributed by atoms with van der Waals surface area (Å²) in [7, 11) is 0. The molecule has 2 aliphatic carbocycles. The van der Waals surface area contributed by atoms with E-state index in [0.29, 0.717) is 37.7 Å². The number of phenolic OH excluding ortho intramolecular Hbond substituents is 1. The normalized spacial score (nSPS) is 26.0. The number of imide groups is 2. The van der Waals surface area contributed by atoms with Crippen LogP contribution in [0.25, 0.3) is 0 Å². The van der Waals surface area contributed by atoms with Crippen molar-refractivity contribution in [3.05, 3.63) is 134 Å². The standard InChI is InChI=1S/C40H26BrClF7N3O5/c41-21-3-12-31(53)29(16-21)33-26-10-11-27-32(36(56)51(34(27)54)25-14-19(39(44,45)46)13-20(15-25)40(47,48)49)28(26)17-30-35(55)52(50-24-8-6-23(43)7-9-24)37(57)38(30,33)18-1-4-22(42)5-2-18/h1-10,12-16,27-28,30,32-33,50,53H,11,17H2. The summed E-state index contributed by atoms with van der Waals surface area (Å²) in [6.07, 6.45) is -9.42. The van der Waals surface area contributed by atoms with Crippen LogP contribution in [0.1, 0.15) is 41.0 Å². The third-order valence-corrected chi connectivity index (χ3v) is 12.1. The van der Waals surface area contributed by atoms with Crippen molar-refractivity contribution in [2.24, 2.45) is 23.7 Å². The van der Waals surface area contributed by atoms with E-state index in [2.05, 4.69) is 21.4 Å². The highest BCUT2D eigenvalue weighted by Gasteiger charge is 2.70. The fourth-order valence-electron chi connectivity index (χ4n) is 9.08. The number of hydrogen-bond acceptors (Lipinski definition) is 6. The lowest BCUT2D eigenvalue weighted by Crippen LogP contribution is -2.53. The van der Waals surface area contributed by atoms with E-state index < -0.39 is 93.6 Å². The van der Waals surface area contributed by atoms with Crippen LogP contribution in [0.2, 0.25) is 5.02 Å². The van der Waals surface area contributed by atoms with Crippen LogP contribution in [0.3, 0.4) is 0 Å². The number of benzene rings is 4. The average Bonchev–Trinajstić information content (AvgIpc) is 3.53. The molecular weight excluding hydrogens is 851 g/mol. The Labute approximate surface area is 332 Å². The number of carbonyl (C=O) groups is 4. The van der Waals surface area contributed by atoms with Crippen molar-refractivity contribution in [3.63, 3.8) is 0 Å². The Morgan fingerprint density at radius 2 is 1.42 bits per heavy atom. The lowest BCUT2D eigenvalue weighted by atomic mass is 9.49. The van der Waals surface area contributed by atoms with Crippen molar-refractivity contribution < 1.29 is 55.0 Å². The number of anilines is 2. The Hall–Kier alpha value is -5.22. The zero-order chi connectivity index (χ0) is 40.9. The summed E-state index contributed by atoms with van der Waals surface area (Å²) in [4.78, 5) is 58.8. The van der Waals surface area contributed by atoms with Crippen LogP contribution in [0, 0.1) is 29.5 Å². The van der Waals surface area contributed by atoms with E-state index in [0.717, 1.165) is 17.1 Å². The summed E-state index contributed by atoms with van der Waals surface area (Å²) in [5, 5.41) is 12.6. The van der Waals surface area contributed by atoms with E-state index in [9.17, 15) is 50.2 Å². The third-order valence-electron chi connectivity index (χ3n) is 11.4. The number of hydrogen-bond donors (Lipinski definition) is 2. The SMILES string of the molecule is O=C1C2CC3C(=CCC4C(=O)N(c5cc(C(F)(F)F)cc(C(F)(F)F)c5)C(=O)C43)C(c3cc(Br)ccc3O)C2(c2ccc(Cl)cc2)C(=O)N1Nc1ccc(F)cc1. The highest BCUT2D eigenvalue weighted by Crippen LogP contribution is 2.65. The predicted octanol–water partition coefficient (Wildman–Crippen LogP) is 9.17. The maximum Gasteiger partial charge on any atom is 0.416 e. The molecule has 2 heterocycles. The number of phenols is 1. The minimum atomic E-state index is -5.26. The van der Waals surface area contributed by atoms with Gasteiger partial charge in [-0.2, -0.15) is 31.4 Å². The van der Waals surface area contributed by atoms with Gasteiger partial charge in [0.1, 0.15) is 11.6 Å². The molecule has 4 amide bonds. The summed E-state index contributed by atoms with van der Waals surface area (Å²) in [5.74, 6) is -10.9. The van der Waals surface area contributed by atoms with E-state index in [1.165, 1.54) is 42.5 Å². The maximum atomic E-state index is 15.2. The Bertz CT molecular complexity index is 2370. The molecule has 3 fully saturated rings. The first kappa shape index (κ1) is 38.6. The fourth-order valence-corrected chi connectivity index (χ4v) is 9.58. The van der Waals surface area contributed by atoms with Crippen LogP contribution in [0.15, 0.2) is 101 Å². The number of rotatable bonds is 5. The van der Waals surface area contributed by atoms with Gasteiger partial charge in [-0.25, -0.2) is 9.29 Å². The number of nitrogens with zero attached hydrogens (tertiary/aromatic N) is 2. The highest BCUT2D eigenvalue weighted by atomic mass is 79.9. The molecule has 17 heteroatoms. The number of alkyl halides is 6. The molecule has 57 heavy (non-hydrogen) atoms. The van der Waals surface area contributed by atoms with Gasteiger partial charge in [-0.1, -0.05) is 51.3 Å². The first-order valence-corrected chi connectivity index (χ1v) is 18.5. The topological polar surface area (TPSA) is 107 Å². The first-order valence-electron chi connectivity index (χ1n) is 17.3. The molecule has 4 aromatic carbocycles. The summed E-state index contributed by atoms with van der Waals surface area (Å²) in [6, 6.07) is 15.8. The van der Waals surface area contributed by atoms with Crippen molar-refractivity contribution in [1.29, 1.82) is 0 Å². The Morgan fingerprint density at radius 3 is 2.04 bits per heavy atom. The zero-order valence-electron chi connectivity index (χ0n) is 28.8. The summed E-state index contributed by atoms with van der Waals surface area (Å²) < 4.78 is 97.7. The van der Waals surface area contributed by atoms with Crippen molar-refractivity contribution in [2.45, 2.75) is 36.5 Å². The van der Waals surface area contributed by atoms with Crippen LogP contribution in [-0.4, -0.2) is 33.7 Å². The second-order valence-corrected chi connectivity index (χ2v) is 15.7. The van der Waals surface area contributed by atoms with E-state index in [1.54, 1.807) is 18.2 Å². The average molecular weight is 877 g/mol. The summed E-state index contributed by atoms with van der Waals surface area (Å²) >= 11 is 9.69. The molecular formula is C40H26BrClF7N3O5. The Morgan fingerprint density at radius 1 is 0.789 bits per heavy atom. The lowest BCUT2D eigenvalue weighted by molar-refractivity contribution is -0.143. The number of nitrogens with one attached hydrogen (secondary N) is 1. The van der Waals surface area contributed by atoms with Gasteiger partial charge in [-0.05, 0) is 97.1 Å². The monoisotopic (exact) mass is 875 g/mol. The Balaban J connectivity index is 1.31. The Kier molecular flexibility index (Phi) is 9.11. The van der Waals surface area contributed by atoms with Crippen LogP contribution in [-0.2, 0) is 36.9 Å². The van der Waals surface area contributed by atoms with Gasteiger partial charge in [-0.3, -0.25) is 24.6 Å². The lowest BCUT2D eigenvalue weighted by Gasteiger charge is -2.50. The molecule has 0 bridgehead atoms. The van der Waals surface area contributed by atoms with E-state index in [1.807, 2.05) is 0 Å². The summed E-state index contributed by atoms with van der Waals surface area (Å²) in [6.45, 7) is 0. The van der Waals surface area contributed by atoms with Gasteiger partial charge < -0.3 is 5.11 Å². The van der Waals surface area contributed by atoms with Gasteiger partial charge in [0.05, 0.1) is 45.7 Å². The van der Waals surface area contributed by atoms with Gasteiger partial charge in [-0.15, -0.1) is 0 Å². The number of allylic oxidation sites excluding steroid dienone is 2. The van der Waals surface area contributed by atoms with Crippen LogP contribution in [0.4, 0.5) is 42.1 Å². The summed E-state index contributed by atoms with van der Waals surface area (Å²) in [5.41, 5.74) is -2.51. The van der Waals surface area contributed by atoms with Gasteiger partial charge in [0.2, 0.25) is 11.8 Å². The molecule has 8 nitrogen and oxygen atoms in total.